The molecular formula is C21H18N4O2S. The second kappa shape index (κ2) is 9.02. The standard InChI is InChI=1S/C21H18N4O2S/c1-3-11-25-20(17-5-4-6-18(12-17)27-2)23-24-21(25)28-14-19(26)16-9-7-15(13-22)8-10-16/h3-10,12H,1,11,14H2,2H3. The molecule has 0 aliphatic carbocycles. The van der Waals surface area contributed by atoms with E-state index >= 15 is 0 Å². The van der Waals surface area contributed by atoms with Gasteiger partial charge in [-0.1, -0.05) is 42.1 Å². The van der Waals surface area contributed by atoms with Gasteiger partial charge in [0.1, 0.15) is 5.75 Å². The van der Waals surface area contributed by atoms with E-state index < -0.39 is 0 Å². The minimum atomic E-state index is -0.0365. The van der Waals surface area contributed by atoms with E-state index in [1.165, 1.54) is 11.8 Å². The van der Waals surface area contributed by atoms with Crippen LogP contribution in [0.25, 0.3) is 11.4 Å². The Morgan fingerprint density at radius 1 is 1.29 bits per heavy atom. The van der Waals surface area contributed by atoms with Crippen molar-refractivity contribution in [2.45, 2.75) is 11.7 Å². The Labute approximate surface area is 167 Å². The molecule has 2 aromatic carbocycles. The van der Waals surface area contributed by atoms with Crippen molar-refractivity contribution in [2.75, 3.05) is 12.9 Å². The second-order valence-electron chi connectivity index (χ2n) is 5.84. The fraction of sp³-hybridized carbons (Fsp3) is 0.143. The molecule has 1 heterocycles. The summed E-state index contributed by atoms with van der Waals surface area (Å²) in [6, 6.07) is 16.2. The molecule has 0 N–H and O–H groups in total. The van der Waals surface area contributed by atoms with Crippen LogP contribution in [0.2, 0.25) is 0 Å². The lowest BCUT2D eigenvalue weighted by Crippen LogP contribution is -2.05. The molecule has 0 unspecified atom stereocenters. The van der Waals surface area contributed by atoms with Gasteiger partial charge in [-0.15, -0.1) is 16.8 Å². The summed E-state index contributed by atoms with van der Waals surface area (Å²) in [6.45, 7) is 4.32. The molecule has 0 atom stereocenters. The van der Waals surface area contributed by atoms with Crippen LogP contribution in [0, 0.1) is 11.3 Å². The van der Waals surface area contributed by atoms with Gasteiger partial charge in [0.2, 0.25) is 0 Å². The molecule has 0 spiro atoms. The van der Waals surface area contributed by atoms with E-state index in [1.807, 2.05) is 34.9 Å². The number of hydrogen-bond acceptors (Lipinski definition) is 6. The number of thioether (sulfide) groups is 1. The number of nitriles is 1. The van der Waals surface area contributed by atoms with E-state index in [2.05, 4.69) is 16.8 Å². The van der Waals surface area contributed by atoms with Crippen LogP contribution in [0.1, 0.15) is 15.9 Å². The van der Waals surface area contributed by atoms with Crippen molar-refractivity contribution in [3.63, 3.8) is 0 Å². The fourth-order valence-corrected chi connectivity index (χ4v) is 3.45. The lowest BCUT2D eigenvalue weighted by Gasteiger charge is -2.08. The van der Waals surface area contributed by atoms with Gasteiger partial charge in [0.15, 0.2) is 16.8 Å². The highest BCUT2D eigenvalue weighted by Gasteiger charge is 2.16. The van der Waals surface area contributed by atoms with Crippen LogP contribution in [-0.2, 0) is 6.54 Å². The molecule has 3 aromatic rings. The predicted octanol–water partition coefficient (Wildman–Crippen LogP) is 3.99. The van der Waals surface area contributed by atoms with Gasteiger partial charge < -0.3 is 4.74 Å². The monoisotopic (exact) mass is 390 g/mol. The maximum absolute atomic E-state index is 12.4. The smallest absolute Gasteiger partial charge is 0.192 e. The van der Waals surface area contributed by atoms with Gasteiger partial charge in [-0.05, 0) is 24.3 Å². The van der Waals surface area contributed by atoms with Crippen LogP contribution in [0.15, 0.2) is 66.3 Å². The van der Waals surface area contributed by atoms with Crippen LogP contribution in [-0.4, -0.2) is 33.4 Å². The van der Waals surface area contributed by atoms with Crippen LogP contribution in [0.5, 0.6) is 5.75 Å². The SMILES string of the molecule is C=CCn1c(SCC(=O)c2ccc(C#N)cc2)nnc1-c1cccc(OC)c1. The zero-order chi connectivity index (χ0) is 19.9. The zero-order valence-corrected chi connectivity index (χ0v) is 16.1. The zero-order valence-electron chi connectivity index (χ0n) is 15.3. The Kier molecular flexibility index (Phi) is 6.25. The number of ketones is 1. The van der Waals surface area contributed by atoms with Crippen LogP contribution < -0.4 is 4.74 Å². The van der Waals surface area contributed by atoms with Crippen molar-refractivity contribution in [1.29, 1.82) is 5.26 Å². The molecule has 0 amide bonds. The van der Waals surface area contributed by atoms with Gasteiger partial charge in [0.05, 0.1) is 24.5 Å². The lowest BCUT2D eigenvalue weighted by atomic mass is 10.1. The predicted molar refractivity (Wildman–Crippen MR) is 108 cm³/mol. The molecule has 7 heteroatoms. The van der Waals surface area contributed by atoms with Crippen molar-refractivity contribution >= 4 is 17.5 Å². The first kappa shape index (κ1) is 19.4. The summed E-state index contributed by atoms with van der Waals surface area (Å²) in [4.78, 5) is 12.4. The summed E-state index contributed by atoms with van der Waals surface area (Å²) in [5.41, 5.74) is 1.96. The first-order valence-corrected chi connectivity index (χ1v) is 9.49. The Morgan fingerprint density at radius 3 is 2.75 bits per heavy atom. The molecule has 3 rings (SSSR count). The van der Waals surface area contributed by atoms with E-state index in [4.69, 9.17) is 10.00 Å². The number of carbonyl (C=O) groups excluding carboxylic acids is 1. The number of Topliss-reactive ketones (excluding diaryl/α,β-unsaturated/α-hetero) is 1. The highest BCUT2D eigenvalue weighted by Crippen LogP contribution is 2.27. The lowest BCUT2D eigenvalue weighted by molar-refractivity contribution is 0.102. The summed E-state index contributed by atoms with van der Waals surface area (Å²) in [6.07, 6.45) is 1.76. The summed E-state index contributed by atoms with van der Waals surface area (Å²) in [7, 11) is 1.61. The van der Waals surface area contributed by atoms with E-state index in [-0.39, 0.29) is 11.5 Å². The second-order valence-corrected chi connectivity index (χ2v) is 6.78. The van der Waals surface area contributed by atoms with E-state index in [0.717, 1.165) is 11.3 Å². The van der Waals surface area contributed by atoms with Crippen molar-refractivity contribution in [2.24, 2.45) is 0 Å². The first-order chi connectivity index (χ1) is 13.7. The van der Waals surface area contributed by atoms with Crippen molar-refractivity contribution < 1.29 is 9.53 Å². The van der Waals surface area contributed by atoms with Crippen molar-refractivity contribution in [1.82, 2.24) is 14.8 Å². The third-order valence-electron chi connectivity index (χ3n) is 4.02. The first-order valence-electron chi connectivity index (χ1n) is 8.51. The molecule has 0 bridgehead atoms. The van der Waals surface area contributed by atoms with Gasteiger partial charge in [0.25, 0.3) is 0 Å². The summed E-state index contributed by atoms with van der Waals surface area (Å²) >= 11 is 1.32. The van der Waals surface area contributed by atoms with Gasteiger partial charge in [-0.25, -0.2) is 0 Å². The Hall–Kier alpha value is -3.37. The molecule has 0 saturated heterocycles. The number of rotatable bonds is 8. The number of ether oxygens (including phenoxy) is 1. The number of hydrogen-bond donors (Lipinski definition) is 0. The summed E-state index contributed by atoms with van der Waals surface area (Å²) in [5, 5.41) is 18.0. The molecule has 140 valence electrons. The topological polar surface area (TPSA) is 80.8 Å². The third kappa shape index (κ3) is 4.30. The minimum absolute atomic E-state index is 0.0365. The average Bonchev–Trinajstić information content (AvgIpc) is 3.15. The molecule has 0 saturated carbocycles. The number of nitrogens with zero attached hydrogens (tertiary/aromatic N) is 4. The van der Waals surface area contributed by atoms with E-state index in [1.54, 1.807) is 37.5 Å². The van der Waals surface area contributed by atoms with Gasteiger partial charge in [-0.3, -0.25) is 9.36 Å². The van der Waals surface area contributed by atoms with E-state index in [0.29, 0.717) is 28.7 Å². The Bertz CT molecular complexity index is 1040. The maximum Gasteiger partial charge on any atom is 0.192 e. The molecule has 0 fully saturated rings. The summed E-state index contributed by atoms with van der Waals surface area (Å²) in [5.74, 6) is 1.60. The molecule has 6 nitrogen and oxygen atoms in total. The molecule has 1 aromatic heterocycles. The fourth-order valence-electron chi connectivity index (χ4n) is 2.61. The molecule has 0 aliphatic rings. The Balaban J connectivity index is 1.80. The molecular weight excluding hydrogens is 372 g/mol. The molecule has 0 radical (unpaired) electrons. The normalized spacial score (nSPS) is 10.3. The average molecular weight is 390 g/mol. The van der Waals surface area contributed by atoms with Gasteiger partial charge in [-0.2, -0.15) is 5.26 Å². The number of aromatic nitrogens is 3. The van der Waals surface area contributed by atoms with Gasteiger partial charge >= 0.3 is 0 Å². The minimum Gasteiger partial charge on any atom is -0.497 e. The number of benzene rings is 2. The maximum atomic E-state index is 12.4. The highest BCUT2D eigenvalue weighted by molar-refractivity contribution is 7.99. The van der Waals surface area contributed by atoms with Crippen LogP contribution in [0.3, 0.4) is 0 Å². The highest BCUT2D eigenvalue weighted by atomic mass is 32.2. The van der Waals surface area contributed by atoms with E-state index in [9.17, 15) is 4.79 Å². The largest absolute Gasteiger partial charge is 0.497 e. The number of carbonyl (C=O) groups is 1. The number of methoxy groups -OCH3 is 1. The molecule has 28 heavy (non-hydrogen) atoms. The van der Waals surface area contributed by atoms with Crippen LogP contribution >= 0.6 is 11.8 Å². The van der Waals surface area contributed by atoms with Crippen molar-refractivity contribution in [3.8, 4) is 23.2 Å². The number of allylic oxidation sites excluding steroid dienone is 1. The van der Waals surface area contributed by atoms with Crippen molar-refractivity contribution in [3.05, 3.63) is 72.3 Å². The quantitative estimate of drug-likeness (QED) is 0.329. The Morgan fingerprint density at radius 2 is 2.07 bits per heavy atom. The summed E-state index contributed by atoms with van der Waals surface area (Å²) < 4.78 is 7.20. The third-order valence-corrected chi connectivity index (χ3v) is 4.99. The van der Waals surface area contributed by atoms with Crippen LogP contribution in [0.4, 0.5) is 0 Å². The molecule has 0 aliphatic heterocycles. The van der Waals surface area contributed by atoms with Gasteiger partial charge in [0, 0.05) is 17.7 Å².